The van der Waals surface area contributed by atoms with Crippen molar-refractivity contribution >= 4 is 17.7 Å². The van der Waals surface area contributed by atoms with E-state index in [2.05, 4.69) is 29.4 Å². The highest BCUT2D eigenvalue weighted by molar-refractivity contribution is 7.99. The van der Waals surface area contributed by atoms with E-state index in [1.807, 2.05) is 0 Å². The predicted molar refractivity (Wildman–Crippen MR) is 76.7 cm³/mol. The van der Waals surface area contributed by atoms with E-state index >= 15 is 0 Å². The van der Waals surface area contributed by atoms with Crippen LogP contribution in [0.15, 0.2) is 0 Å². The summed E-state index contributed by atoms with van der Waals surface area (Å²) in [6.45, 7) is 7.68. The number of hydrogen-bond acceptors (Lipinski definition) is 4. The van der Waals surface area contributed by atoms with Gasteiger partial charge in [0.1, 0.15) is 0 Å². The average molecular weight is 271 g/mol. The number of nitrogens with one attached hydrogen (secondary N) is 2. The predicted octanol–water partition coefficient (Wildman–Crippen LogP) is 0.886. The summed E-state index contributed by atoms with van der Waals surface area (Å²) >= 11 is 1.80. The van der Waals surface area contributed by atoms with Crippen LogP contribution in [0.4, 0.5) is 0 Å². The maximum absolute atomic E-state index is 11.9. The van der Waals surface area contributed by atoms with Crippen molar-refractivity contribution in [2.75, 3.05) is 31.3 Å². The highest BCUT2D eigenvalue weighted by Crippen LogP contribution is 2.18. The van der Waals surface area contributed by atoms with Crippen molar-refractivity contribution in [3.05, 3.63) is 0 Å². The lowest BCUT2D eigenvalue weighted by Gasteiger charge is -2.35. The third-order valence-electron chi connectivity index (χ3n) is 3.88. The van der Waals surface area contributed by atoms with Gasteiger partial charge in [0.15, 0.2) is 0 Å². The maximum Gasteiger partial charge on any atom is 0.238 e. The van der Waals surface area contributed by atoms with E-state index in [4.69, 9.17) is 0 Å². The van der Waals surface area contributed by atoms with Gasteiger partial charge in [0, 0.05) is 30.8 Å². The first-order valence-electron chi connectivity index (χ1n) is 6.99. The van der Waals surface area contributed by atoms with E-state index in [0.29, 0.717) is 12.0 Å². The molecule has 2 fully saturated rings. The fourth-order valence-corrected chi connectivity index (χ4v) is 3.61. The summed E-state index contributed by atoms with van der Waals surface area (Å²) in [5, 5.41) is 6.32. The van der Waals surface area contributed by atoms with Crippen LogP contribution < -0.4 is 10.6 Å². The van der Waals surface area contributed by atoms with Crippen molar-refractivity contribution in [1.82, 2.24) is 15.5 Å². The highest BCUT2D eigenvalue weighted by atomic mass is 32.2. The van der Waals surface area contributed by atoms with Crippen molar-refractivity contribution in [2.45, 2.75) is 38.8 Å². The second-order valence-corrected chi connectivity index (χ2v) is 6.64. The van der Waals surface area contributed by atoms with E-state index in [9.17, 15) is 4.79 Å². The van der Waals surface area contributed by atoms with Gasteiger partial charge >= 0.3 is 0 Å². The lowest BCUT2D eigenvalue weighted by Crippen LogP contribution is -2.47. The molecule has 4 nitrogen and oxygen atoms in total. The lowest BCUT2D eigenvalue weighted by molar-refractivity contribution is -0.122. The SMILES string of the molecule is CC(C)N1CCCC(CNC(=O)C2CSCN2)C1. The second kappa shape index (κ2) is 6.78. The van der Waals surface area contributed by atoms with Crippen molar-refractivity contribution in [3.8, 4) is 0 Å². The number of nitrogens with zero attached hydrogens (tertiary/aromatic N) is 1. The monoisotopic (exact) mass is 271 g/mol. The first kappa shape index (κ1) is 14.2. The van der Waals surface area contributed by atoms with Gasteiger partial charge in [0.2, 0.25) is 5.91 Å². The first-order chi connectivity index (χ1) is 8.66. The molecular formula is C13H25N3OS. The largest absolute Gasteiger partial charge is 0.354 e. The molecule has 1 amide bonds. The summed E-state index contributed by atoms with van der Waals surface area (Å²) in [6.07, 6.45) is 2.51. The highest BCUT2D eigenvalue weighted by Gasteiger charge is 2.25. The molecule has 2 rings (SSSR count). The molecule has 2 saturated heterocycles. The number of carbonyl (C=O) groups excluding carboxylic acids is 1. The van der Waals surface area contributed by atoms with Gasteiger partial charge in [-0.1, -0.05) is 0 Å². The summed E-state index contributed by atoms with van der Waals surface area (Å²) in [5.41, 5.74) is 0. The van der Waals surface area contributed by atoms with E-state index in [-0.39, 0.29) is 11.9 Å². The van der Waals surface area contributed by atoms with E-state index in [1.165, 1.54) is 19.4 Å². The van der Waals surface area contributed by atoms with Crippen LogP contribution in [-0.2, 0) is 4.79 Å². The molecule has 0 aliphatic carbocycles. The molecule has 104 valence electrons. The van der Waals surface area contributed by atoms with E-state index in [1.54, 1.807) is 11.8 Å². The van der Waals surface area contributed by atoms with Crippen LogP contribution in [0.3, 0.4) is 0 Å². The lowest BCUT2D eigenvalue weighted by atomic mass is 9.97. The maximum atomic E-state index is 11.9. The van der Waals surface area contributed by atoms with Crippen LogP contribution >= 0.6 is 11.8 Å². The summed E-state index contributed by atoms with van der Waals surface area (Å²) in [5.74, 6) is 2.62. The van der Waals surface area contributed by atoms with Crippen LogP contribution in [-0.4, -0.2) is 54.2 Å². The number of hydrogen-bond donors (Lipinski definition) is 2. The minimum Gasteiger partial charge on any atom is -0.354 e. The van der Waals surface area contributed by atoms with E-state index in [0.717, 1.165) is 24.7 Å². The molecule has 2 aliphatic rings. The van der Waals surface area contributed by atoms with Crippen LogP contribution in [0.1, 0.15) is 26.7 Å². The van der Waals surface area contributed by atoms with Gasteiger partial charge in [-0.25, -0.2) is 0 Å². The summed E-state index contributed by atoms with van der Waals surface area (Å²) < 4.78 is 0. The van der Waals surface area contributed by atoms with Crippen molar-refractivity contribution in [2.24, 2.45) is 5.92 Å². The molecule has 5 heteroatoms. The fourth-order valence-electron chi connectivity index (χ4n) is 2.66. The Kier molecular flexibility index (Phi) is 5.33. The molecule has 0 spiro atoms. The van der Waals surface area contributed by atoms with Gasteiger partial charge in [-0.05, 0) is 39.2 Å². The Balaban J connectivity index is 1.70. The minimum absolute atomic E-state index is 0.0276. The first-order valence-corrected chi connectivity index (χ1v) is 8.15. The summed E-state index contributed by atoms with van der Waals surface area (Å²) in [4.78, 5) is 14.4. The van der Waals surface area contributed by atoms with Crippen LogP contribution in [0, 0.1) is 5.92 Å². The zero-order chi connectivity index (χ0) is 13.0. The Bertz CT molecular complexity index is 279. The molecule has 0 saturated carbocycles. The Morgan fingerprint density at radius 1 is 1.56 bits per heavy atom. The third kappa shape index (κ3) is 3.87. The number of rotatable bonds is 4. The van der Waals surface area contributed by atoms with Gasteiger partial charge in [-0.2, -0.15) is 0 Å². The Morgan fingerprint density at radius 2 is 2.39 bits per heavy atom. The van der Waals surface area contributed by atoms with E-state index < -0.39 is 0 Å². The molecular weight excluding hydrogens is 246 g/mol. The fraction of sp³-hybridized carbons (Fsp3) is 0.923. The Morgan fingerprint density at radius 3 is 3.06 bits per heavy atom. The molecule has 0 aromatic rings. The Hall–Kier alpha value is -0.260. The molecule has 2 aliphatic heterocycles. The third-order valence-corrected chi connectivity index (χ3v) is 4.82. The van der Waals surface area contributed by atoms with Crippen LogP contribution in [0.5, 0.6) is 0 Å². The molecule has 2 unspecified atom stereocenters. The summed E-state index contributed by atoms with van der Waals surface area (Å²) in [7, 11) is 0. The van der Waals surface area contributed by atoms with Gasteiger partial charge in [-0.15, -0.1) is 11.8 Å². The standard InChI is InChI=1S/C13H25N3OS/c1-10(2)16-5-3-4-11(7-16)6-14-13(17)12-8-18-9-15-12/h10-12,15H,3-9H2,1-2H3,(H,14,17). The Labute approximate surface area is 114 Å². The minimum atomic E-state index is 0.0276. The molecule has 2 atom stereocenters. The zero-order valence-electron chi connectivity index (χ0n) is 11.4. The quantitative estimate of drug-likeness (QED) is 0.797. The molecule has 18 heavy (non-hydrogen) atoms. The smallest absolute Gasteiger partial charge is 0.238 e. The van der Waals surface area contributed by atoms with Crippen molar-refractivity contribution < 1.29 is 4.79 Å². The topological polar surface area (TPSA) is 44.4 Å². The summed E-state index contributed by atoms with van der Waals surface area (Å²) in [6, 6.07) is 0.649. The van der Waals surface area contributed by atoms with Crippen molar-refractivity contribution in [3.63, 3.8) is 0 Å². The van der Waals surface area contributed by atoms with Gasteiger partial charge in [-0.3, -0.25) is 10.1 Å². The molecule has 2 N–H and O–H groups in total. The van der Waals surface area contributed by atoms with Gasteiger partial charge < -0.3 is 10.2 Å². The number of amides is 1. The van der Waals surface area contributed by atoms with Gasteiger partial charge in [0.25, 0.3) is 0 Å². The molecule has 0 bridgehead atoms. The molecule has 0 radical (unpaired) electrons. The van der Waals surface area contributed by atoms with Crippen LogP contribution in [0.25, 0.3) is 0 Å². The van der Waals surface area contributed by atoms with Gasteiger partial charge in [0.05, 0.1) is 6.04 Å². The molecule has 0 aromatic heterocycles. The number of likely N-dealkylation sites (tertiary alicyclic amines) is 1. The number of piperidine rings is 1. The normalized spacial score (nSPS) is 29.7. The van der Waals surface area contributed by atoms with Crippen LogP contribution in [0.2, 0.25) is 0 Å². The molecule has 2 heterocycles. The number of thioether (sulfide) groups is 1. The second-order valence-electron chi connectivity index (χ2n) is 5.61. The zero-order valence-corrected chi connectivity index (χ0v) is 12.3. The van der Waals surface area contributed by atoms with Crippen molar-refractivity contribution in [1.29, 1.82) is 0 Å². The average Bonchev–Trinajstić information content (AvgIpc) is 2.90. The number of carbonyl (C=O) groups is 1. The molecule has 0 aromatic carbocycles.